The van der Waals surface area contributed by atoms with E-state index in [0.29, 0.717) is 5.92 Å². The smallest absolute Gasteiger partial charge is 0.219 e. The summed E-state index contributed by atoms with van der Waals surface area (Å²) in [6, 6.07) is 0. The zero-order valence-corrected chi connectivity index (χ0v) is 12.3. The van der Waals surface area contributed by atoms with Gasteiger partial charge >= 0.3 is 0 Å². The first-order valence-electron chi connectivity index (χ1n) is 7.12. The molecular formula is C16H27NO. The van der Waals surface area contributed by atoms with Crippen LogP contribution in [-0.4, -0.2) is 23.9 Å². The topological polar surface area (TPSA) is 20.3 Å². The SMILES string of the molecule is CCCN(C/C=C(/C)C1CC=C(C)CC1)C(C)=O. The van der Waals surface area contributed by atoms with E-state index in [0.717, 1.165) is 19.5 Å². The van der Waals surface area contributed by atoms with Gasteiger partial charge < -0.3 is 4.90 Å². The van der Waals surface area contributed by atoms with E-state index in [2.05, 4.69) is 32.9 Å². The highest BCUT2D eigenvalue weighted by atomic mass is 16.2. The predicted octanol–water partition coefficient (Wildman–Crippen LogP) is 3.94. The molecule has 18 heavy (non-hydrogen) atoms. The van der Waals surface area contributed by atoms with Crippen LogP contribution in [0.4, 0.5) is 0 Å². The third-order valence-corrected chi connectivity index (χ3v) is 3.85. The average Bonchev–Trinajstić information content (AvgIpc) is 2.34. The Morgan fingerprint density at radius 3 is 2.72 bits per heavy atom. The van der Waals surface area contributed by atoms with Gasteiger partial charge in [-0.1, -0.05) is 30.2 Å². The second-order valence-corrected chi connectivity index (χ2v) is 5.43. The number of hydrogen-bond donors (Lipinski definition) is 0. The van der Waals surface area contributed by atoms with Gasteiger partial charge in [0.05, 0.1) is 0 Å². The van der Waals surface area contributed by atoms with Crippen molar-refractivity contribution in [1.29, 1.82) is 0 Å². The Morgan fingerprint density at radius 1 is 1.50 bits per heavy atom. The fourth-order valence-corrected chi connectivity index (χ4v) is 2.45. The molecule has 1 amide bonds. The van der Waals surface area contributed by atoms with Gasteiger partial charge in [-0.15, -0.1) is 0 Å². The molecule has 102 valence electrons. The summed E-state index contributed by atoms with van der Waals surface area (Å²) in [5.41, 5.74) is 2.97. The molecule has 0 bridgehead atoms. The van der Waals surface area contributed by atoms with Crippen LogP contribution < -0.4 is 0 Å². The normalized spacial score (nSPS) is 20.6. The molecule has 0 N–H and O–H groups in total. The number of rotatable bonds is 5. The molecule has 0 aromatic carbocycles. The van der Waals surface area contributed by atoms with Gasteiger partial charge in [0.2, 0.25) is 5.91 Å². The molecule has 2 nitrogen and oxygen atoms in total. The first-order chi connectivity index (χ1) is 8.54. The minimum Gasteiger partial charge on any atom is -0.339 e. The summed E-state index contributed by atoms with van der Waals surface area (Å²) >= 11 is 0. The van der Waals surface area contributed by atoms with Crippen molar-refractivity contribution in [2.45, 2.75) is 53.4 Å². The van der Waals surface area contributed by atoms with Crippen molar-refractivity contribution in [3.63, 3.8) is 0 Å². The molecule has 0 saturated heterocycles. The number of nitrogens with zero attached hydrogens (tertiary/aromatic N) is 1. The molecule has 0 aromatic rings. The van der Waals surface area contributed by atoms with Crippen molar-refractivity contribution in [2.75, 3.05) is 13.1 Å². The van der Waals surface area contributed by atoms with Crippen LogP contribution in [0.2, 0.25) is 0 Å². The van der Waals surface area contributed by atoms with Crippen molar-refractivity contribution in [2.24, 2.45) is 5.92 Å². The van der Waals surface area contributed by atoms with Crippen molar-refractivity contribution in [1.82, 2.24) is 4.90 Å². The monoisotopic (exact) mass is 249 g/mol. The largest absolute Gasteiger partial charge is 0.339 e. The standard InChI is InChI=1S/C16H27NO/c1-5-11-17(15(4)18)12-10-14(3)16-8-6-13(2)7-9-16/h6,10,16H,5,7-9,11-12H2,1-4H3/b14-10-. The van der Waals surface area contributed by atoms with Gasteiger partial charge in [-0.05, 0) is 45.4 Å². The highest BCUT2D eigenvalue weighted by Gasteiger charge is 2.14. The molecule has 0 heterocycles. The van der Waals surface area contributed by atoms with Crippen LogP contribution in [-0.2, 0) is 4.79 Å². The molecule has 1 aliphatic rings. The zero-order chi connectivity index (χ0) is 13.5. The summed E-state index contributed by atoms with van der Waals surface area (Å²) in [4.78, 5) is 13.4. The van der Waals surface area contributed by atoms with Crippen LogP contribution in [0.15, 0.2) is 23.3 Å². The minimum atomic E-state index is 0.181. The molecule has 0 saturated carbocycles. The van der Waals surface area contributed by atoms with E-state index in [1.807, 2.05) is 4.90 Å². The molecule has 0 spiro atoms. The third-order valence-electron chi connectivity index (χ3n) is 3.85. The average molecular weight is 249 g/mol. The lowest BCUT2D eigenvalue weighted by atomic mass is 9.85. The maximum Gasteiger partial charge on any atom is 0.219 e. The second kappa shape index (κ2) is 7.40. The molecule has 1 atom stereocenters. The van der Waals surface area contributed by atoms with Crippen molar-refractivity contribution < 1.29 is 4.79 Å². The molecule has 0 fully saturated rings. The van der Waals surface area contributed by atoms with Crippen LogP contribution in [0.3, 0.4) is 0 Å². The van der Waals surface area contributed by atoms with Crippen molar-refractivity contribution in [3.05, 3.63) is 23.3 Å². The lowest BCUT2D eigenvalue weighted by molar-refractivity contribution is -0.128. The highest BCUT2D eigenvalue weighted by molar-refractivity contribution is 5.73. The number of allylic oxidation sites excluding steroid dienone is 3. The van der Waals surface area contributed by atoms with E-state index in [1.165, 1.54) is 30.4 Å². The van der Waals surface area contributed by atoms with Crippen LogP contribution in [0.25, 0.3) is 0 Å². The summed E-state index contributed by atoms with van der Waals surface area (Å²) < 4.78 is 0. The van der Waals surface area contributed by atoms with E-state index >= 15 is 0 Å². The molecule has 1 unspecified atom stereocenters. The highest BCUT2D eigenvalue weighted by Crippen LogP contribution is 2.28. The first kappa shape index (κ1) is 15.0. The van der Waals surface area contributed by atoms with Gasteiger partial charge in [-0.2, -0.15) is 0 Å². The quantitative estimate of drug-likeness (QED) is 0.676. The van der Waals surface area contributed by atoms with Crippen LogP contribution in [0.1, 0.15) is 53.4 Å². The van der Waals surface area contributed by atoms with Crippen LogP contribution >= 0.6 is 0 Å². The van der Waals surface area contributed by atoms with Crippen molar-refractivity contribution >= 4 is 5.91 Å². The van der Waals surface area contributed by atoms with Gasteiger partial charge in [-0.3, -0.25) is 4.79 Å². The van der Waals surface area contributed by atoms with E-state index in [-0.39, 0.29) is 5.91 Å². The summed E-state index contributed by atoms with van der Waals surface area (Å²) in [7, 11) is 0. The van der Waals surface area contributed by atoms with Crippen LogP contribution in [0, 0.1) is 5.92 Å². The fourth-order valence-electron chi connectivity index (χ4n) is 2.45. The van der Waals surface area contributed by atoms with Gasteiger partial charge in [0.1, 0.15) is 0 Å². The molecule has 1 rings (SSSR count). The number of amides is 1. The van der Waals surface area contributed by atoms with Crippen LogP contribution in [0.5, 0.6) is 0 Å². The van der Waals surface area contributed by atoms with E-state index in [4.69, 9.17) is 0 Å². The van der Waals surface area contributed by atoms with Gasteiger partial charge in [0.25, 0.3) is 0 Å². The predicted molar refractivity (Wildman–Crippen MR) is 77.4 cm³/mol. The summed E-state index contributed by atoms with van der Waals surface area (Å²) in [6.45, 7) is 9.83. The molecular weight excluding hydrogens is 222 g/mol. The number of carbonyl (C=O) groups is 1. The lowest BCUT2D eigenvalue weighted by Crippen LogP contribution is -2.29. The third kappa shape index (κ3) is 4.67. The van der Waals surface area contributed by atoms with E-state index in [1.54, 1.807) is 6.92 Å². The Balaban J connectivity index is 2.52. The zero-order valence-electron chi connectivity index (χ0n) is 12.3. The molecule has 2 heteroatoms. The Morgan fingerprint density at radius 2 is 2.22 bits per heavy atom. The number of hydrogen-bond acceptors (Lipinski definition) is 1. The summed E-state index contributed by atoms with van der Waals surface area (Å²) in [6.07, 6.45) is 9.29. The molecule has 0 aromatic heterocycles. The Hall–Kier alpha value is -1.05. The molecule has 0 aliphatic heterocycles. The maximum absolute atomic E-state index is 11.5. The second-order valence-electron chi connectivity index (χ2n) is 5.43. The van der Waals surface area contributed by atoms with Gasteiger partial charge in [0.15, 0.2) is 0 Å². The van der Waals surface area contributed by atoms with E-state index in [9.17, 15) is 4.79 Å². The Labute approximate surface area is 112 Å². The van der Waals surface area contributed by atoms with Gasteiger partial charge in [0, 0.05) is 20.0 Å². The maximum atomic E-state index is 11.5. The molecule has 1 aliphatic carbocycles. The fraction of sp³-hybridized carbons (Fsp3) is 0.688. The summed E-state index contributed by atoms with van der Waals surface area (Å²) in [5, 5.41) is 0. The van der Waals surface area contributed by atoms with Gasteiger partial charge in [-0.25, -0.2) is 0 Å². The number of carbonyl (C=O) groups excluding carboxylic acids is 1. The first-order valence-corrected chi connectivity index (χ1v) is 7.12. The van der Waals surface area contributed by atoms with E-state index < -0.39 is 0 Å². The minimum absolute atomic E-state index is 0.181. The Bertz CT molecular complexity index is 341. The lowest BCUT2D eigenvalue weighted by Gasteiger charge is -2.23. The summed E-state index contributed by atoms with van der Waals surface area (Å²) in [5.74, 6) is 0.865. The molecule has 0 radical (unpaired) electrons. The van der Waals surface area contributed by atoms with Crippen molar-refractivity contribution in [3.8, 4) is 0 Å². The Kier molecular flexibility index (Phi) is 6.17.